The van der Waals surface area contributed by atoms with Gasteiger partial charge in [0, 0.05) is 12.6 Å². The van der Waals surface area contributed by atoms with E-state index >= 15 is 0 Å². The number of hydrogen-bond donors (Lipinski definition) is 2. The molecule has 0 aromatic heterocycles. The van der Waals surface area contributed by atoms with Crippen LogP contribution in [0.2, 0.25) is 0 Å². The van der Waals surface area contributed by atoms with Crippen molar-refractivity contribution in [2.75, 3.05) is 12.4 Å². The highest BCUT2D eigenvalue weighted by Crippen LogP contribution is 2.28. The van der Waals surface area contributed by atoms with Crippen LogP contribution in [0.15, 0.2) is 36.4 Å². The number of aromatic hydroxyl groups is 1. The summed E-state index contributed by atoms with van der Waals surface area (Å²) in [6.07, 6.45) is 0. The number of phenols is 1. The second kappa shape index (κ2) is 5.93. The lowest BCUT2D eigenvalue weighted by atomic mass is 10.1. The summed E-state index contributed by atoms with van der Waals surface area (Å²) >= 11 is 0. The van der Waals surface area contributed by atoms with Gasteiger partial charge < -0.3 is 15.2 Å². The zero-order valence-electron chi connectivity index (χ0n) is 10.9. The molecule has 4 nitrogen and oxygen atoms in total. The monoisotopic (exact) mass is 272 g/mol. The van der Waals surface area contributed by atoms with Gasteiger partial charge in [-0.2, -0.15) is 5.26 Å². The highest BCUT2D eigenvalue weighted by atomic mass is 19.1. The number of nitrogens with zero attached hydrogens (tertiary/aromatic N) is 1. The Bertz CT molecular complexity index is 645. The second-order valence-electron chi connectivity index (χ2n) is 4.17. The maximum absolute atomic E-state index is 13.2. The molecule has 0 aliphatic rings. The minimum atomic E-state index is -0.512. The second-order valence-corrected chi connectivity index (χ2v) is 4.17. The van der Waals surface area contributed by atoms with Crippen LogP contribution in [-0.2, 0) is 6.54 Å². The number of ether oxygens (including phenoxy) is 1. The topological polar surface area (TPSA) is 65.3 Å². The van der Waals surface area contributed by atoms with E-state index in [1.165, 1.54) is 19.2 Å². The predicted molar refractivity (Wildman–Crippen MR) is 73.1 cm³/mol. The van der Waals surface area contributed by atoms with Crippen molar-refractivity contribution < 1.29 is 14.2 Å². The fourth-order valence-corrected chi connectivity index (χ4v) is 1.90. The van der Waals surface area contributed by atoms with Crippen molar-refractivity contribution in [3.8, 4) is 17.6 Å². The van der Waals surface area contributed by atoms with Gasteiger partial charge in [0.1, 0.15) is 23.4 Å². The average molecular weight is 272 g/mol. The van der Waals surface area contributed by atoms with E-state index in [0.717, 1.165) is 6.07 Å². The molecule has 2 N–H and O–H groups in total. The first-order valence-electron chi connectivity index (χ1n) is 5.93. The molecule has 0 heterocycles. The van der Waals surface area contributed by atoms with Crippen LogP contribution in [-0.4, -0.2) is 12.2 Å². The van der Waals surface area contributed by atoms with E-state index < -0.39 is 5.82 Å². The van der Waals surface area contributed by atoms with Gasteiger partial charge in [0.25, 0.3) is 0 Å². The number of benzene rings is 2. The molecular formula is C15H13FN2O2. The van der Waals surface area contributed by atoms with Gasteiger partial charge in [0.05, 0.1) is 18.4 Å². The molecule has 0 bridgehead atoms. The number of para-hydroxylation sites is 1. The Balaban J connectivity index is 2.24. The quantitative estimate of drug-likeness (QED) is 0.898. The maximum Gasteiger partial charge on any atom is 0.143 e. The van der Waals surface area contributed by atoms with Gasteiger partial charge in [-0.05, 0) is 29.8 Å². The number of anilines is 1. The molecule has 102 valence electrons. The van der Waals surface area contributed by atoms with Gasteiger partial charge in [-0.15, -0.1) is 0 Å². The van der Waals surface area contributed by atoms with E-state index in [0.29, 0.717) is 22.6 Å². The molecule has 2 aromatic carbocycles. The van der Waals surface area contributed by atoms with Gasteiger partial charge in [-0.25, -0.2) is 4.39 Å². The minimum Gasteiger partial charge on any atom is -0.508 e. The van der Waals surface area contributed by atoms with Crippen molar-refractivity contribution in [1.29, 1.82) is 5.26 Å². The summed E-state index contributed by atoms with van der Waals surface area (Å²) in [6.45, 7) is 0.264. The third kappa shape index (κ3) is 2.98. The Morgan fingerprint density at radius 3 is 2.80 bits per heavy atom. The summed E-state index contributed by atoms with van der Waals surface area (Å²) < 4.78 is 18.4. The molecule has 2 aromatic rings. The molecule has 0 fully saturated rings. The van der Waals surface area contributed by atoms with Crippen LogP contribution in [0.3, 0.4) is 0 Å². The minimum absolute atomic E-state index is 0.137. The summed E-state index contributed by atoms with van der Waals surface area (Å²) in [5.74, 6) is -0.116. The van der Waals surface area contributed by atoms with Crippen LogP contribution in [0, 0.1) is 17.1 Å². The Morgan fingerprint density at radius 2 is 2.15 bits per heavy atom. The number of hydrogen-bond acceptors (Lipinski definition) is 4. The SMILES string of the molecule is COc1cccc(C#N)c1NCc1cc(O)cc(F)c1. The highest BCUT2D eigenvalue weighted by Gasteiger charge is 2.09. The Hall–Kier alpha value is -2.74. The van der Waals surface area contributed by atoms with Crippen LogP contribution in [0.5, 0.6) is 11.5 Å². The van der Waals surface area contributed by atoms with Crippen LogP contribution >= 0.6 is 0 Å². The number of rotatable bonds is 4. The number of halogens is 1. The molecule has 0 spiro atoms. The molecule has 2 rings (SSSR count). The maximum atomic E-state index is 13.2. The van der Waals surface area contributed by atoms with E-state index in [4.69, 9.17) is 10.00 Å². The Kier molecular flexibility index (Phi) is 4.06. The van der Waals surface area contributed by atoms with E-state index in [1.807, 2.05) is 0 Å². The van der Waals surface area contributed by atoms with Crippen molar-refractivity contribution in [2.24, 2.45) is 0 Å². The lowest BCUT2D eigenvalue weighted by Gasteiger charge is -2.12. The van der Waals surface area contributed by atoms with Crippen LogP contribution in [0.25, 0.3) is 0 Å². The molecule has 0 saturated heterocycles. The van der Waals surface area contributed by atoms with Crippen molar-refractivity contribution in [3.05, 3.63) is 53.3 Å². The average Bonchev–Trinajstić information content (AvgIpc) is 2.43. The first-order valence-corrected chi connectivity index (χ1v) is 5.93. The number of nitrogens with one attached hydrogen (secondary N) is 1. The number of nitriles is 1. The number of methoxy groups -OCH3 is 1. The lowest BCUT2D eigenvalue weighted by Crippen LogP contribution is -2.03. The van der Waals surface area contributed by atoms with Gasteiger partial charge >= 0.3 is 0 Å². The third-order valence-electron chi connectivity index (χ3n) is 2.78. The predicted octanol–water partition coefficient (Wildman–Crippen LogP) is 3.02. The molecule has 0 amide bonds. The van der Waals surface area contributed by atoms with Crippen LogP contribution in [0.4, 0.5) is 10.1 Å². The van der Waals surface area contributed by atoms with E-state index in [1.54, 1.807) is 18.2 Å². The molecule has 0 radical (unpaired) electrons. The lowest BCUT2D eigenvalue weighted by molar-refractivity contribution is 0.416. The summed E-state index contributed by atoms with van der Waals surface area (Å²) in [4.78, 5) is 0. The smallest absolute Gasteiger partial charge is 0.143 e. The molecule has 5 heteroatoms. The van der Waals surface area contributed by atoms with Crippen LogP contribution in [0.1, 0.15) is 11.1 Å². The zero-order chi connectivity index (χ0) is 14.5. The van der Waals surface area contributed by atoms with Gasteiger partial charge in [-0.3, -0.25) is 0 Å². The van der Waals surface area contributed by atoms with Gasteiger partial charge in [-0.1, -0.05) is 6.07 Å². The summed E-state index contributed by atoms with van der Waals surface area (Å²) in [7, 11) is 1.51. The molecule has 0 unspecified atom stereocenters. The zero-order valence-corrected chi connectivity index (χ0v) is 10.9. The van der Waals surface area contributed by atoms with E-state index in [2.05, 4.69) is 11.4 Å². The fourth-order valence-electron chi connectivity index (χ4n) is 1.90. The van der Waals surface area contributed by atoms with Crippen molar-refractivity contribution in [1.82, 2.24) is 0 Å². The first-order chi connectivity index (χ1) is 9.63. The van der Waals surface area contributed by atoms with Crippen molar-refractivity contribution in [3.63, 3.8) is 0 Å². The standard InChI is InChI=1S/C15H13FN2O2/c1-20-14-4-2-3-11(8-17)15(14)18-9-10-5-12(16)7-13(19)6-10/h2-7,18-19H,9H2,1H3. The van der Waals surface area contributed by atoms with E-state index in [-0.39, 0.29) is 12.3 Å². The first kappa shape index (κ1) is 13.7. The van der Waals surface area contributed by atoms with Gasteiger partial charge in [0.15, 0.2) is 0 Å². The molecule has 20 heavy (non-hydrogen) atoms. The molecule has 0 aliphatic heterocycles. The third-order valence-corrected chi connectivity index (χ3v) is 2.78. The molecular weight excluding hydrogens is 259 g/mol. The summed E-state index contributed by atoms with van der Waals surface area (Å²) in [6, 6.07) is 11.0. The van der Waals surface area contributed by atoms with Crippen LogP contribution < -0.4 is 10.1 Å². The van der Waals surface area contributed by atoms with Gasteiger partial charge in [0.2, 0.25) is 0 Å². The molecule has 0 aliphatic carbocycles. The fraction of sp³-hybridized carbons (Fsp3) is 0.133. The number of phenolic OH excluding ortho intramolecular Hbond substituents is 1. The molecule has 0 saturated carbocycles. The summed E-state index contributed by atoms with van der Waals surface area (Å²) in [5, 5.41) is 21.5. The highest BCUT2D eigenvalue weighted by molar-refractivity contribution is 5.66. The molecule has 0 atom stereocenters. The van der Waals surface area contributed by atoms with E-state index in [9.17, 15) is 9.50 Å². The Morgan fingerprint density at radius 1 is 1.35 bits per heavy atom. The largest absolute Gasteiger partial charge is 0.508 e. The Labute approximate surface area is 116 Å². The summed E-state index contributed by atoms with van der Waals surface area (Å²) in [5.41, 5.74) is 1.54. The normalized spacial score (nSPS) is 9.85. The van der Waals surface area contributed by atoms with Crippen molar-refractivity contribution in [2.45, 2.75) is 6.54 Å². The van der Waals surface area contributed by atoms with Crippen molar-refractivity contribution >= 4 is 5.69 Å².